The van der Waals surface area contributed by atoms with E-state index in [0.29, 0.717) is 11.7 Å². The number of nitrogens with one attached hydrogen (secondary N) is 2. The first kappa shape index (κ1) is 12.9. The van der Waals surface area contributed by atoms with E-state index in [-0.39, 0.29) is 0 Å². The monoisotopic (exact) mass is 297 g/mol. The average molecular weight is 298 g/mol. The van der Waals surface area contributed by atoms with Crippen molar-refractivity contribution in [3.05, 3.63) is 47.0 Å². The predicted octanol–water partition coefficient (Wildman–Crippen LogP) is 2.43. The van der Waals surface area contributed by atoms with Crippen molar-refractivity contribution in [2.24, 2.45) is 5.10 Å². The van der Waals surface area contributed by atoms with Crippen molar-refractivity contribution in [1.82, 2.24) is 10.7 Å². The zero-order valence-corrected chi connectivity index (χ0v) is 11.0. The number of hydrazone groups is 1. The number of nitrogens with zero attached hydrogens (tertiary/aromatic N) is 1. The summed E-state index contributed by atoms with van der Waals surface area (Å²) in [5, 5.41) is 7.38. The summed E-state index contributed by atoms with van der Waals surface area (Å²) >= 11 is 8.33. The highest BCUT2D eigenvalue weighted by molar-refractivity contribution is 9.10. The molecule has 0 unspecified atom stereocenters. The first-order valence-corrected chi connectivity index (χ1v) is 5.86. The van der Waals surface area contributed by atoms with Gasteiger partial charge in [0.15, 0.2) is 5.11 Å². The van der Waals surface area contributed by atoms with Crippen LogP contribution in [0.5, 0.6) is 0 Å². The maximum absolute atomic E-state index is 4.96. The molecule has 1 rings (SSSR count). The van der Waals surface area contributed by atoms with Crippen molar-refractivity contribution < 1.29 is 0 Å². The summed E-state index contributed by atoms with van der Waals surface area (Å²) in [6.45, 7) is 4.20. The van der Waals surface area contributed by atoms with Gasteiger partial charge in [0.05, 0.1) is 6.21 Å². The van der Waals surface area contributed by atoms with Crippen LogP contribution in [0.1, 0.15) is 5.56 Å². The Morgan fingerprint density at radius 2 is 2.12 bits per heavy atom. The SMILES string of the molecule is C=CCNC(=S)N/N=C/c1ccc(Br)cc1. The van der Waals surface area contributed by atoms with Gasteiger partial charge >= 0.3 is 0 Å². The van der Waals surface area contributed by atoms with Crippen LogP contribution in [0.4, 0.5) is 0 Å². The Labute approximate surface area is 109 Å². The highest BCUT2D eigenvalue weighted by Gasteiger charge is 1.90. The summed E-state index contributed by atoms with van der Waals surface area (Å²) in [5.41, 5.74) is 3.71. The van der Waals surface area contributed by atoms with Crippen molar-refractivity contribution >= 4 is 39.5 Å². The van der Waals surface area contributed by atoms with Crippen LogP contribution in [0.3, 0.4) is 0 Å². The van der Waals surface area contributed by atoms with Crippen molar-refractivity contribution in [2.45, 2.75) is 0 Å². The van der Waals surface area contributed by atoms with Gasteiger partial charge in [-0.05, 0) is 29.9 Å². The molecule has 0 bridgehead atoms. The van der Waals surface area contributed by atoms with Gasteiger partial charge in [0.1, 0.15) is 0 Å². The van der Waals surface area contributed by atoms with E-state index in [4.69, 9.17) is 12.2 Å². The summed E-state index contributed by atoms with van der Waals surface area (Å²) in [5.74, 6) is 0. The second kappa shape index (κ2) is 7.14. The molecule has 3 nitrogen and oxygen atoms in total. The molecule has 0 saturated heterocycles. The van der Waals surface area contributed by atoms with Gasteiger partial charge in [-0.2, -0.15) is 5.10 Å². The van der Waals surface area contributed by atoms with Gasteiger partial charge in [0.25, 0.3) is 0 Å². The van der Waals surface area contributed by atoms with E-state index >= 15 is 0 Å². The lowest BCUT2D eigenvalue weighted by atomic mass is 10.2. The van der Waals surface area contributed by atoms with Crippen molar-refractivity contribution in [1.29, 1.82) is 0 Å². The Morgan fingerprint density at radius 1 is 1.44 bits per heavy atom. The van der Waals surface area contributed by atoms with Gasteiger partial charge in [0, 0.05) is 11.0 Å². The van der Waals surface area contributed by atoms with Crippen LogP contribution in [-0.4, -0.2) is 17.9 Å². The van der Waals surface area contributed by atoms with Crippen LogP contribution in [-0.2, 0) is 0 Å². The Balaban J connectivity index is 2.39. The number of halogens is 1. The van der Waals surface area contributed by atoms with Gasteiger partial charge < -0.3 is 5.32 Å². The molecule has 0 radical (unpaired) electrons. The molecule has 0 saturated carbocycles. The van der Waals surface area contributed by atoms with Gasteiger partial charge in [-0.25, -0.2) is 0 Å². The molecule has 0 aromatic heterocycles. The standard InChI is InChI=1S/C11H12BrN3S/c1-2-7-13-11(16)15-14-8-9-3-5-10(12)6-4-9/h2-6,8H,1,7H2,(H2,13,15,16)/b14-8+. The van der Waals surface area contributed by atoms with Gasteiger partial charge in [-0.1, -0.05) is 34.1 Å². The molecule has 16 heavy (non-hydrogen) atoms. The van der Waals surface area contributed by atoms with Gasteiger partial charge in [-0.15, -0.1) is 6.58 Å². The van der Waals surface area contributed by atoms with Crippen molar-refractivity contribution in [3.8, 4) is 0 Å². The van der Waals surface area contributed by atoms with Crippen LogP contribution in [0.25, 0.3) is 0 Å². The fourth-order valence-corrected chi connectivity index (χ4v) is 1.32. The fraction of sp³-hybridized carbons (Fsp3) is 0.0909. The lowest BCUT2D eigenvalue weighted by molar-refractivity contribution is 0.942. The number of hydrogen-bond donors (Lipinski definition) is 2. The van der Waals surface area contributed by atoms with E-state index in [1.807, 2.05) is 24.3 Å². The second-order valence-electron chi connectivity index (χ2n) is 2.92. The molecular weight excluding hydrogens is 286 g/mol. The summed E-state index contributed by atoms with van der Waals surface area (Å²) in [7, 11) is 0. The molecule has 1 aromatic rings. The molecule has 1 aromatic carbocycles. The maximum Gasteiger partial charge on any atom is 0.187 e. The molecule has 0 spiro atoms. The maximum atomic E-state index is 4.96. The molecule has 0 amide bonds. The average Bonchev–Trinajstić information content (AvgIpc) is 2.29. The molecule has 0 atom stereocenters. The Bertz CT molecular complexity index is 387. The van der Waals surface area contributed by atoms with E-state index in [1.54, 1.807) is 12.3 Å². The lowest BCUT2D eigenvalue weighted by Gasteiger charge is -2.02. The Kier molecular flexibility index (Phi) is 5.74. The molecule has 0 fully saturated rings. The smallest absolute Gasteiger partial charge is 0.187 e. The number of hydrogen-bond acceptors (Lipinski definition) is 2. The summed E-state index contributed by atoms with van der Waals surface area (Å²) < 4.78 is 1.04. The van der Waals surface area contributed by atoms with Gasteiger partial charge in [-0.3, -0.25) is 5.43 Å². The highest BCUT2D eigenvalue weighted by atomic mass is 79.9. The van der Waals surface area contributed by atoms with Gasteiger partial charge in [0.2, 0.25) is 0 Å². The topological polar surface area (TPSA) is 36.4 Å². The molecule has 0 aliphatic heterocycles. The zero-order valence-electron chi connectivity index (χ0n) is 8.61. The zero-order chi connectivity index (χ0) is 11.8. The van der Waals surface area contributed by atoms with E-state index in [2.05, 4.69) is 38.4 Å². The quantitative estimate of drug-likeness (QED) is 0.388. The molecule has 84 valence electrons. The predicted molar refractivity (Wildman–Crippen MR) is 75.7 cm³/mol. The molecular formula is C11H12BrN3S. The molecule has 5 heteroatoms. The third kappa shape index (κ3) is 5.04. The minimum absolute atomic E-state index is 0.480. The first-order valence-electron chi connectivity index (χ1n) is 4.66. The van der Waals surface area contributed by atoms with E-state index in [1.165, 1.54) is 0 Å². The second-order valence-corrected chi connectivity index (χ2v) is 4.24. The van der Waals surface area contributed by atoms with Crippen LogP contribution in [0.2, 0.25) is 0 Å². The molecule has 0 aliphatic rings. The van der Waals surface area contributed by atoms with Crippen LogP contribution in [0.15, 0.2) is 46.5 Å². The minimum atomic E-state index is 0.480. The number of thiocarbonyl (C=S) groups is 1. The lowest BCUT2D eigenvalue weighted by Crippen LogP contribution is -2.31. The fourth-order valence-electron chi connectivity index (χ4n) is 0.919. The minimum Gasteiger partial charge on any atom is -0.358 e. The molecule has 2 N–H and O–H groups in total. The van der Waals surface area contributed by atoms with Crippen molar-refractivity contribution in [2.75, 3.05) is 6.54 Å². The van der Waals surface area contributed by atoms with Crippen LogP contribution < -0.4 is 10.7 Å². The summed E-state index contributed by atoms with van der Waals surface area (Å²) in [4.78, 5) is 0. The largest absolute Gasteiger partial charge is 0.358 e. The molecule has 0 heterocycles. The summed E-state index contributed by atoms with van der Waals surface area (Å²) in [6.07, 6.45) is 3.43. The Morgan fingerprint density at radius 3 is 2.75 bits per heavy atom. The molecule has 0 aliphatic carbocycles. The normalized spacial score (nSPS) is 10.1. The van der Waals surface area contributed by atoms with E-state index in [0.717, 1.165) is 10.0 Å². The first-order chi connectivity index (χ1) is 7.72. The third-order valence-electron chi connectivity index (χ3n) is 1.66. The van der Waals surface area contributed by atoms with Crippen LogP contribution >= 0.6 is 28.1 Å². The van der Waals surface area contributed by atoms with Crippen LogP contribution in [0, 0.1) is 0 Å². The Hall–Kier alpha value is -1.20. The number of rotatable bonds is 4. The number of benzene rings is 1. The third-order valence-corrected chi connectivity index (χ3v) is 2.42. The van der Waals surface area contributed by atoms with E-state index < -0.39 is 0 Å². The van der Waals surface area contributed by atoms with E-state index in [9.17, 15) is 0 Å². The highest BCUT2D eigenvalue weighted by Crippen LogP contribution is 2.08. The summed E-state index contributed by atoms with van der Waals surface area (Å²) in [6, 6.07) is 7.82. The van der Waals surface area contributed by atoms with Crippen molar-refractivity contribution in [3.63, 3.8) is 0 Å².